The van der Waals surface area contributed by atoms with Gasteiger partial charge in [-0.15, -0.1) is 0 Å². The summed E-state index contributed by atoms with van der Waals surface area (Å²) < 4.78 is 8.16. The van der Waals surface area contributed by atoms with Gasteiger partial charge in [0, 0.05) is 22.4 Å². The Morgan fingerprint density at radius 1 is 1.00 bits per heavy atom. The third-order valence-electron chi connectivity index (χ3n) is 4.51. The van der Waals surface area contributed by atoms with Gasteiger partial charge in [-0.25, -0.2) is 4.57 Å². The minimum Gasteiger partial charge on any atom is -0.456 e. The zero-order chi connectivity index (χ0) is 16.8. The maximum absolute atomic E-state index is 9.24. The van der Waals surface area contributed by atoms with E-state index in [2.05, 4.69) is 55.9 Å². The Hall–Kier alpha value is -3.12. The molecular weight excluding hydrogens is 296 g/mol. The number of hydrogen-bond acceptors (Lipinski definition) is 2. The summed E-state index contributed by atoms with van der Waals surface area (Å²) in [6, 6.07) is 16.2. The molecule has 3 heteroatoms. The summed E-state index contributed by atoms with van der Waals surface area (Å²) in [6.45, 7) is 4.20. The van der Waals surface area contributed by atoms with Gasteiger partial charge >= 0.3 is 0 Å². The van der Waals surface area contributed by atoms with Crippen LogP contribution in [0.3, 0.4) is 0 Å². The van der Waals surface area contributed by atoms with Crippen LogP contribution in [0.1, 0.15) is 16.7 Å². The van der Waals surface area contributed by atoms with Crippen LogP contribution in [0.5, 0.6) is 0 Å². The molecule has 0 amide bonds. The molecule has 2 aromatic carbocycles. The molecule has 2 aromatic heterocycles. The van der Waals surface area contributed by atoms with Crippen LogP contribution in [-0.4, -0.2) is 0 Å². The lowest BCUT2D eigenvalue weighted by Crippen LogP contribution is -2.31. The average molecular weight is 313 g/mol. The smallest absolute Gasteiger partial charge is 0.213 e. The fourth-order valence-corrected chi connectivity index (χ4v) is 3.38. The molecular formula is C21H17N2O+. The summed E-state index contributed by atoms with van der Waals surface area (Å²) in [4.78, 5) is 0. The van der Waals surface area contributed by atoms with Crippen LogP contribution >= 0.6 is 0 Å². The van der Waals surface area contributed by atoms with Crippen LogP contribution in [-0.2, 0) is 7.05 Å². The molecule has 24 heavy (non-hydrogen) atoms. The highest BCUT2D eigenvalue weighted by Crippen LogP contribution is 2.37. The van der Waals surface area contributed by atoms with Gasteiger partial charge < -0.3 is 4.42 Å². The lowest BCUT2D eigenvalue weighted by atomic mass is 9.97. The van der Waals surface area contributed by atoms with Gasteiger partial charge in [0.25, 0.3) is 0 Å². The number of nitriles is 1. The lowest BCUT2D eigenvalue weighted by Gasteiger charge is -2.07. The maximum Gasteiger partial charge on any atom is 0.213 e. The van der Waals surface area contributed by atoms with Crippen molar-refractivity contribution in [2.45, 2.75) is 13.8 Å². The highest BCUT2D eigenvalue weighted by molar-refractivity contribution is 6.12. The second kappa shape index (κ2) is 5.21. The fraction of sp³-hybridized carbons (Fsp3) is 0.143. The second-order valence-electron chi connectivity index (χ2n) is 6.26. The van der Waals surface area contributed by atoms with E-state index in [1.807, 2.05) is 18.2 Å². The van der Waals surface area contributed by atoms with Crippen molar-refractivity contribution >= 4 is 21.9 Å². The second-order valence-corrected chi connectivity index (χ2v) is 6.26. The molecule has 0 saturated carbocycles. The predicted molar refractivity (Wildman–Crippen MR) is 94.5 cm³/mol. The third-order valence-corrected chi connectivity index (χ3v) is 4.51. The first-order chi connectivity index (χ1) is 11.6. The van der Waals surface area contributed by atoms with Crippen molar-refractivity contribution < 1.29 is 8.98 Å². The number of hydrogen-bond donors (Lipinski definition) is 0. The van der Waals surface area contributed by atoms with Crippen molar-refractivity contribution in [1.82, 2.24) is 0 Å². The molecule has 0 unspecified atom stereocenters. The Labute approximate surface area is 140 Å². The van der Waals surface area contributed by atoms with Crippen LogP contribution in [0.15, 0.2) is 53.1 Å². The van der Waals surface area contributed by atoms with Gasteiger partial charge in [-0.2, -0.15) is 5.26 Å². The highest BCUT2D eigenvalue weighted by Gasteiger charge is 2.20. The first-order valence-corrected chi connectivity index (χ1v) is 7.91. The summed E-state index contributed by atoms with van der Waals surface area (Å²) in [5, 5.41) is 11.3. The molecule has 4 aromatic rings. The first-order valence-electron chi connectivity index (χ1n) is 7.91. The standard InChI is InChI=1S/C21H17N2O/c1-13-4-7-17(23(3)12-13)20-14(2)5-8-19-21(20)16-10-15(11-22)6-9-18(16)24-19/h4-10,12H,1-3H3/q+1. The number of fused-ring (bicyclic) bond motifs is 3. The van der Waals surface area contributed by atoms with E-state index in [1.54, 1.807) is 6.07 Å². The lowest BCUT2D eigenvalue weighted by molar-refractivity contribution is -0.660. The minimum atomic E-state index is 0.644. The van der Waals surface area contributed by atoms with Crippen molar-refractivity contribution in [3.05, 3.63) is 65.4 Å². The Balaban J connectivity index is 2.18. The molecule has 3 nitrogen and oxygen atoms in total. The van der Waals surface area contributed by atoms with Crippen LogP contribution in [0.4, 0.5) is 0 Å². The molecule has 0 aliphatic heterocycles. The molecule has 116 valence electrons. The Morgan fingerprint density at radius 3 is 2.54 bits per heavy atom. The van der Waals surface area contributed by atoms with E-state index in [-0.39, 0.29) is 0 Å². The molecule has 4 rings (SSSR count). The van der Waals surface area contributed by atoms with E-state index in [9.17, 15) is 5.26 Å². The van der Waals surface area contributed by atoms with Crippen LogP contribution in [0.2, 0.25) is 0 Å². The topological polar surface area (TPSA) is 40.8 Å². The number of benzene rings is 2. The SMILES string of the molecule is Cc1ccc(-c2c(C)ccc3oc4ccc(C#N)cc4c23)[n+](C)c1. The number of furan rings is 1. The predicted octanol–water partition coefficient (Wildman–Crippen LogP) is 4.57. The van der Waals surface area contributed by atoms with Crippen molar-refractivity contribution in [2.24, 2.45) is 7.05 Å². The van der Waals surface area contributed by atoms with Gasteiger partial charge in [0.15, 0.2) is 6.20 Å². The Kier molecular flexibility index (Phi) is 3.14. The van der Waals surface area contributed by atoms with E-state index >= 15 is 0 Å². The third kappa shape index (κ3) is 2.08. The van der Waals surface area contributed by atoms with Gasteiger partial charge in [0.2, 0.25) is 5.69 Å². The summed E-state index contributed by atoms with van der Waals surface area (Å²) >= 11 is 0. The highest BCUT2D eigenvalue weighted by atomic mass is 16.3. The van der Waals surface area contributed by atoms with E-state index in [4.69, 9.17) is 4.42 Å². The quantitative estimate of drug-likeness (QED) is 0.483. The first kappa shape index (κ1) is 14.5. The molecule has 0 spiro atoms. The van der Waals surface area contributed by atoms with Crippen LogP contribution in [0, 0.1) is 25.2 Å². The van der Waals surface area contributed by atoms with E-state index in [1.165, 1.54) is 11.1 Å². The van der Waals surface area contributed by atoms with Crippen LogP contribution < -0.4 is 4.57 Å². The molecule has 0 saturated heterocycles. The molecule has 0 aliphatic rings. The maximum atomic E-state index is 9.24. The van der Waals surface area contributed by atoms with Gasteiger partial charge in [0.1, 0.15) is 18.2 Å². The molecule has 0 aliphatic carbocycles. The number of pyridine rings is 1. The summed E-state index contributed by atoms with van der Waals surface area (Å²) in [5.74, 6) is 0. The van der Waals surface area contributed by atoms with Gasteiger partial charge in [0.05, 0.1) is 17.2 Å². The zero-order valence-corrected chi connectivity index (χ0v) is 13.9. The number of aryl methyl sites for hydroxylation is 3. The molecule has 0 radical (unpaired) electrons. The molecule has 0 N–H and O–H groups in total. The fourth-order valence-electron chi connectivity index (χ4n) is 3.38. The van der Waals surface area contributed by atoms with Crippen molar-refractivity contribution in [3.8, 4) is 17.3 Å². The number of aromatic nitrogens is 1. The summed E-state index contributed by atoms with van der Waals surface area (Å²) in [5.41, 5.74) is 7.00. The van der Waals surface area contributed by atoms with Crippen molar-refractivity contribution in [2.75, 3.05) is 0 Å². The Bertz CT molecular complexity index is 1150. The van der Waals surface area contributed by atoms with Crippen molar-refractivity contribution in [3.63, 3.8) is 0 Å². The molecule has 0 atom stereocenters. The van der Waals surface area contributed by atoms with Crippen molar-refractivity contribution in [1.29, 1.82) is 5.26 Å². The van der Waals surface area contributed by atoms with Crippen LogP contribution in [0.25, 0.3) is 33.2 Å². The monoisotopic (exact) mass is 313 g/mol. The van der Waals surface area contributed by atoms with Gasteiger partial charge in [-0.3, -0.25) is 0 Å². The summed E-state index contributed by atoms with van der Waals surface area (Å²) in [7, 11) is 2.06. The van der Waals surface area contributed by atoms with E-state index in [0.29, 0.717) is 5.56 Å². The van der Waals surface area contributed by atoms with E-state index < -0.39 is 0 Å². The molecule has 0 bridgehead atoms. The van der Waals surface area contributed by atoms with E-state index in [0.717, 1.165) is 33.2 Å². The Morgan fingerprint density at radius 2 is 1.79 bits per heavy atom. The largest absolute Gasteiger partial charge is 0.456 e. The number of nitrogens with zero attached hydrogens (tertiary/aromatic N) is 2. The summed E-state index contributed by atoms with van der Waals surface area (Å²) in [6.07, 6.45) is 2.12. The average Bonchev–Trinajstić information content (AvgIpc) is 2.93. The number of rotatable bonds is 1. The molecule has 0 fully saturated rings. The normalized spacial score (nSPS) is 11.1. The minimum absolute atomic E-state index is 0.644. The van der Waals surface area contributed by atoms with Gasteiger partial charge in [-0.1, -0.05) is 6.07 Å². The molecule has 2 heterocycles. The zero-order valence-electron chi connectivity index (χ0n) is 13.9. The van der Waals surface area contributed by atoms with Gasteiger partial charge in [-0.05, 0) is 49.7 Å².